The maximum atomic E-state index is 11.2. The molecule has 5 heteroatoms. The molecule has 2 heterocycles. The van der Waals surface area contributed by atoms with Crippen molar-refractivity contribution >= 4 is 5.97 Å². The van der Waals surface area contributed by atoms with Gasteiger partial charge in [-0.05, 0) is 12.1 Å². The van der Waals surface area contributed by atoms with Gasteiger partial charge in [-0.25, -0.2) is 14.8 Å². The second kappa shape index (κ2) is 3.91. The number of rotatable bonds is 2. The van der Waals surface area contributed by atoms with Crippen molar-refractivity contribution in [3.63, 3.8) is 0 Å². The predicted octanol–water partition coefficient (Wildman–Crippen LogP) is 1.26. The number of H-pyrrole nitrogens is 1. The molecule has 0 amide bonds. The Bertz CT molecular complexity index is 465. The zero-order valence-electron chi connectivity index (χ0n) is 8.10. The summed E-state index contributed by atoms with van der Waals surface area (Å²) < 4.78 is 4.58. The van der Waals surface area contributed by atoms with Crippen molar-refractivity contribution in [2.45, 2.75) is 0 Å². The molecule has 0 saturated carbocycles. The summed E-state index contributed by atoms with van der Waals surface area (Å²) in [5.41, 5.74) is 2.03. The zero-order valence-corrected chi connectivity index (χ0v) is 8.10. The quantitative estimate of drug-likeness (QED) is 0.746. The molecule has 0 spiro atoms. The Hall–Kier alpha value is -2.17. The maximum absolute atomic E-state index is 11.2. The summed E-state index contributed by atoms with van der Waals surface area (Å²) in [7, 11) is 1.34. The van der Waals surface area contributed by atoms with Crippen molar-refractivity contribution in [3.05, 3.63) is 36.5 Å². The highest BCUT2D eigenvalue weighted by molar-refractivity contribution is 5.88. The van der Waals surface area contributed by atoms with Crippen molar-refractivity contribution < 1.29 is 9.53 Å². The number of hydrogen-bond donors (Lipinski definition) is 1. The lowest BCUT2D eigenvalue weighted by Gasteiger charge is -1.96. The van der Waals surface area contributed by atoms with Crippen LogP contribution in [0.25, 0.3) is 11.3 Å². The van der Waals surface area contributed by atoms with E-state index >= 15 is 0 Å². The van der Waals surface area contributed by atoms with Crippen molar-refractivity contribution in [1.82, 2.24) is 15.0 Å². The van der Waals surface area contributed by atoms with Gasteiger partial charge in [-0.3, -0.25) is 0 Å². The minimum absolute atomic E-state index is 0.391. The van der Waals surface area contributed by atoms with E-state index in [4.69, 9.17) is 0 Å². The number of nitrogens with one attached hydrogen (secondary N) is 1. The lowest BCUT2D eigenvalue weighted by atomic mass is 10.2. The molecule has 2 rings (SSSR count). The fourth-order valence-corrected chi connectivity index (χ4v) is 1.23. The van der Waals surface area contributed by atoms with Gasteiger partial charge in [-0.1, -0.05) is 0 Å². The van der Waals surface area contributed by atoms with E-state index in [1.54, 1.807) is 24.5 Å². The molecule has 2 aromatic rings. The van der Waals surface area contributed by atoms with Gasteiger partial charge < -0.3 is 9.72 Å². The van der Waals surface area contributed by atoms with Crippen LogP contribution in [-0.2, 0) is 4.74 Å². The molecule has 0 aromatic carbocycles. The molecule has 0 unspecified atom stereocenters. The van der Waals surface area contributed by atoms with E-state index in [-0.39, 0.29) is 0 Å². The Morgan fingerprint density at radius 2 is 2.07 bits per heavy atom. The van der Waals surface area contributed by atoms with Gasteiger partial charge in [0.05, 0.1) is 7.11 Å². The summed E-state index contributed by atoms with van der Waals surface area (Å²) in [5, 5.41) is 0. The van der Waals surface area contributed by atoms with Crippen molar-refractivity contribution in [2.75, 3.05) is 7.11 Å². The molecule has 0 aliphatic heterocycles. The molecule has 0 aliphatic rings. The third-order valence-corrected chi connectivity index (χ3v) is 1.96. The van der Waals surface area contributed by atoms with Crippen LogP contribution in [0.1, 0.15) is 10.5 Å². The van der Waals surface area contributed by atoms with Gasteiger partial charge in [0.15, 0.2) is 0 Å². The fraction of sp³-hybridized carbons (Fsp3) is 0.100. The summed E-state index contributed by atoms with van der Waals surface area (Å²) in [5.74, 6) is -0.391. The molecule has 15 heavy (non-hydrogen) atoms. The molecule has 76 valence electrons. The van der Waals surface area contributed by atoms with Crippen LogP contribution in [0.5, 0.6) is 0 Å². The highest BCUT2D eigenvalue weighted by Crippen LogP contribution is 2.16. The van der Waals surface area contributed by atoms with Gasteiger partial charge in [0.1, 0.15) is 12.0 Å². The Labute approximate surface area is 86.1 Å². The Balaban J connectivity index is 2.32. The average molecular weight is 203 g/mol. The highest BCUT2D eigenvalue weighted by Gasteiger charge is 2.08. The summed E-state index contributed by atoms with van der Waals surface area (Å²) in [6.07, 6.45) is 4.79. The Morgan fingerprint density at radius 3 is 2.73 bits per heavy atom. The number of aromatic amines is 1. The highest BCUT2D eigenvalue weighted by atomic mass is 16.5. The van der Waals surface area contributed by atoms with E-state index < -0.39 is 5.97 Å². The van der Waals surface area contributed by atoms with Crippen molar-refractivity contribution in [3.8, 4) is 11.3 Å². The van der Waals surface area contributed by atoms with Crippen LogP contribution in [0, 0.1) is 0 Å². The molecule has 0 bridgehead atoms. The first-order chi connectivity index (χ1) is 7.31. The van der Waals surface area contributed by atoms with E-state index in [1.807, 2.05) is 0 Å². The second-order valence-electron chi connectivity index (χ2n) is 2.90. The lowest BCUT2D eigenvalue weighted by molar-refractivity contribution is 0.0595. The van der Waals surface area contributed by atoms with Crippen LogP contribution in [0.3, 0.4) is 0 Å². The van der Waals surface area contributed by atoms with E-state index in [0.717, 1.165) is 11.3 Å². The third-order valence-electron chi connectivity index (χ3n) is 1.96. The monoisotopic (exact) mass is 203 g/mol. The number of carbonyl (C=O) groups excluding carboxylic acids is 1. The van der Waals surface area contributed by atoms with E-state index in [1.165, 1.54) is 13.4 Å². The van der Waals surface area contributed by atoms with Gasteiger partial charge in [-0.15, -0.1) is 0 Å². The molecule has 0 radical (unpaired) electrons. The number of carbonyl (C=O) groups is 1. The minimum Gasteiger partial charge on any atom is -0.464 e. The van der Waals surface area contributed by atoms with Crippen LogP contribution < -0.4 is 0 Å². The first-order valence-electron chi connectivity index (χ1n) is 4.34. The molecule has 5 nitrogen and oxygen atoms in total. The van der Waals surface area contributed by atoms with Gasteiger partial charge >= 0.3 is 5.97 Å². The van der Waals surface area contributed by atoms with Crippen molar-refractivity contribution in [2.24, 2.45) is 0 Å². The first-order valence-corrected chi connectivity index (χ1v) is 4.34. The summed E-state index contributed by atoms with van der Waals surface area (Å²) in [4.78, 5) is 21.9. The molecule has 0 aliphatic carbocycles. The number of aromatic nitrogens is 3. The smallest absolute Gasteiger partial charge is 0.354 e. The summed E-state index contributed by atoms with van der Waals surface area (Å²) in [6, 6.07) is 3.44. The molecule has 0 fully saturated rings. The number of hydrogen-bond acceptors (Lipinski definition) is 4. The first kappa shape index (κ1) is 9.39. The topological polar surface area (TPSA) is 67.9 Å². The van der Waals surface area contributed by atoms with Gasteiger partial charge in [0.25, 0.3) is 0 Å². The average Bonchev–Trinajstić information content (AvgIpc) is 2.78. The van der Waals surface area contributed by atoms with Crippen LogP contribution in [0.2, 0.25) is 0 Å². The summed E-state index contributed by atoms with van der Waals surface area (Å²) >= 11 is 0. The van der Waals surface area contributed by atoms with Crippen molar-refractivity contribution in [1.29, 1.82) is 0 Å². The molecule has 1 N–H and O–H groups in total. The van der Waals surface area contributed by atoms with Gasteiger partial charge in [0, 0.05) is 23.7 Å². The number of nitrogens with zero attached hydrogens (tertiary/aromatic N) is 2. The van der Waals surface area contributed by atoms with Crippen LogP contribution >= 0.6 is 0 Å². The van der Waals surface area contributed by atoms with E-state index in [9.17, 15) is 4.79 Å². The standard InChI is InChI=1S/C10H9N3O2/c1-15-10(14)9-3-2-8(13-9)7-4-11-6-12-5-7/h2-6,13H,1H3. The fourth-order valence-electron chi connectivity index (χ4n) is 1.23. The van der Waals surface area contributed by atoms with E-state index in [2.05, 4.69) is 19.7 Å². The second-order valence-corrected chi connectivity index (χ2v) is 2.90. The van der Waals surface area contributed by atoms with Crippen LogP contribution in [-0.4, -0.2) is 28.0 Å². The zero-order chi connectivity index (χ0) is 10.7. The number of methoxy groups -OCH3 is 1. The SMILES string of the molecule is COC(=O)c1ccc(-c2cncnc2)[nH]1. The van der Waals surface area contributed by atoms with Gasteiger partial charge in [0.2, 0.25) is 0 Å². The van der Waals surface area contributed by atoms with Crippen LogP contribution in [0.4, 0.5) is 0 Å². The lowest BCUT2D eigenvalue weighted by Crippen LogP contribution is -2.00. The molecular formula is C10H9N3O2. The normalized spacial score (nSPS) is 9.93. The van der Waals surface area contributed by atoms with Gasteiger partial charge in [-0.2, -0.15) is 0 Å². The minimum atomic E-state index is -0.391. The molecule has 2 aromatic heterocycles. The number of esters is 1. The van der Waals surface area contributed by atoms with E-state index in [0.29, 0.717) is 5.69 Å². The number of ether oxygens (including phenoxy) is 1. The molecule has 0 atom stereocenters. The largest absolute Gasteiger partial charge is 0.464 e. The molecule has 0 saturated heterocycles. The Kier molecular flexibility index (Phi) is 2.45. The van der Waals surface area contributed by atoms with Crippen LogP contribution in [0.15, 0.2) is 30.9 Å². The molecular weight excluding hydrogens is 194 g/mol. The third kappa shape index (κ3) is 1.85. The predicted molar refractivity (Wildman–Crippen MR) is 53.2 cm³/mol. The summed E-state index contributed by atoms with van der Waals surface area (Å²) in [6.45, 7) is 0. The maximum Gasteiger partial charge on any atom is 0.354 e. The Morgan fingerprint density at radius 1 is 1.33 bits per heavy atom.